The molecule has 5 heteroatoms. The van der Waals surface area contributed by atoms with E-state index in [0.29, 0.717) is 9.13 Å². The molecule has 1 heterocycles. The van der Waals surface area contributed by atoms with Gasteiger partial charge in [-0.25, -0.2) is 4.79 Å². The van der Waals surface area contributed by atoms with Crippen LogP contribution in [0.25, 0.3) is 11.0 Å². The minimum absolute atomic E-state index is 0. The van der Waals surface area contributed by atoms with E-state index >= 15 is 0 Å². The first-order valence-corrected chi connectivity index (χ1v) is 3.57. The fourth-order valence-electron chi connectivity index (χ4n) is 1.21. The molecule has 0 bridgehead atoms. The van der Waals surface area contributed by atoms with Crippen LogP contribution in [0.2, 0.25) is 0 Å². The normalized spacial score (nSPS) is 18.3. The van der Waals surface area contributed by atoms with Crippen molar-refractivity contribution in [2.24, 2.45) is 14.0 Å². The van der Waals surface area contributed by atoms with Gasteiger partial charge < -0.3 is 5.73 Å². The van der Waals surface area contributed by atoms with E-state index in [-0.39, 0.29) is 29.1 Å². The first kappa shape index (κ1) is 4.89. The number of nitrogen functional groups attached to an aromatic ring is 1. The molecule has 2 N–H and O–H groups in total. The van der Waals surface area contributed by atoms with Gasteiger partial charge in [-0.2, -0.15) is 0 Å². The van der Waals surface area contributed by atoms with E-state index in [1.54, 1.807) is 0 Å². The van der Waals surface area contributed by atoms with E-state index in [0.717, 1.165) is 0 Å². The Labute approximate surface area is 95.8 Å². The van der Waals surface area contributed by atoms with Crippen molar-refractivity contribution < 1.29 is 8.22 Å². The van der Waals surface area contributed by atoms with Crippen LogP contribution in [-0.4, -0.2) is 9.13 Å². The molecule has 4 nitrogen and oxygen atoms in total. The fourth-order valence-corrected chi connectivity index (χ4v) is 1.21. The van der Waals surface area contributed by atoms with Crippen molar-refractivity contribution in [1.82, 2.24) is 9.13 Å². The number of fused-ring (bicyclic) bond motifs is 1. The van der Waals surface area contributed by atoms with Gasteiger partial charge in [0, 0.05) is 27.9 Å². The van der Waals surface area contributed by atoms with Crippen molar-refractivity contribution in [2.45, 2.75) is 0 Å². The van der Waals surface area contributed by atoms with Gasteiger partial charge in [0.25, 0.3) is 0 Å². The highest BCUT2D eigenvalue weighted by Gasteiger charge is 2.06. The van der Waals surface area contributed by atoms with E-state index in [2.05, 4.69) is 0 Å². The van der Waals surface area contributed by atoms with E-state index in [1.807, 2.05) is 0 Å². The molecule has 14 heavy (non-hydrogen) atoms. The lowest BCUT2D eigenvalue weighted by atomic mass is 10.3. The van der Waals surface area contributed by atoms with Crippen LogP contribution in [0.4, 0.5) is 5.69 Å². The molecule has 0 amide bonds. The standard InChI is InChI=1S/C9H11N3O.ClH/c1-11-7-4-3-6(10)5-8(7)12(2)9(11)13;/h3-5H,10H2,1-2H3;1H/i1D3,2D3;. The van der Waals surface area contributed by atoms with Gasteiger partial charge in [0.05, 0.1) is 11.0 Å². The number of halogens is 1. The zero-order valence-electron chi connectivity index (χ0n) is 13.0. The molecule has 0 saturated carbocycles. The molecule has 2 rings (SSSR count). The molecule has 0 unspecified atom stereocenters. The summed E-state index contributed by atoms with van der Waals surface area (Å²) >= 11 is 0. The van der Waals surface area contributed by atoms with Crippen LogP contribution in [-0.2, 0) is 14.0 Å². The zero-order valence-corrected chi connectivity index (χ0v) is 7.84. The number of rotatable bonds is 0. The quantitative estimate of drug-likeness (QED) is 0.669. The van der Waals surface area contributed by atoms with Crippen LogP contribution in [0.5, 0.6) is 0 Å². The van der Waals surface area contributed by atoms with Gasteiger partial charge in [0.2, 0.25) is 0 Å². The van der Waals surface area contributed by atoms with Crippen LogP contribution in [0.1, 0.15) is 8.22 Å². The van der Waals surface area contributed by atoms with Crippen molar-refractivity contribution in [3.05, 3.63) is 28.7 Å². The summed E-state index contributed by atoms with van der Waals surface area (Å²) < 4.78 is 45.0. The van der Waals surface area contributed by atoms with Crippen LogP contribution in [0.3, 0.4) is 0 Å². The molecule has 1 aromatic carbocycles. The van der Waals surface area contributed by atoms with E-state index < -0.39 is 19.6 Å². The Balaban J connectivity index is 0.00000200. The highest BCUT2D eigenvalue weighted by Crippen LogP contribution is 2.14. The van der Waals surface area contributed by atoms with Gasteiger partial charge in [-0.3, -0.25) is 9.13 Å². The van der Waals surface area contributed by atoms with Crippen LogP contribution < -0.4 is 11.4 Å². The third kappa shape index (κ3) is 1.28. The number of aromatic nitrogens is 2. The van der Waals surface area contributed by atoms with Crippen molar-refractivity contribution in [2.75, 3.05) is 5.73 Å². The van der Waals surface area contributed by atoms with Crippen molar-refractivity contribution in [1.29, 1.82) is 0 Å². The number of imidazole rings is 1. The highest BCUT2D eigenvalue weighted by molar-refractivity contribution is 5.85. The molecule has 0 saturated heterocycles. The molecule has 0 aliphatic carbocycles. The monoisotopic (exact) mass is 219 g/mol. The second-order valence-electron chi connectivity index (χ2n) is 2.70. The summed E-state index contributed by atoms with van der Waals surface area (Å²) in [6.45, 7) is -5.54. The van der Waals surface area contributed by atoms with Gasteiger partial charge in [-0.15, -0.1) is 12.4 Å². The molecule has 0 aliphatic heterocycles. The lowest BCUT2D eigenvalue weighted by Gasteiger charge is -1.95. The molecule has 1 aromatic heterocycles. The minimum Gasteiger partial charge on any atom is -0.399 e. The number of hydrogen-bond acceptors (Lipinski definition) is 2. The Hall–Kier alpha value is -1.42. The zero-order chi connectivity index (χ0) is 14.6. The number of aryl methyl sites for hydroxylation is 2. The molecule has 0 aliphatic rings. The predicted octanol–water partition coefficient (Wildman–Crippen LogP) is 0.881. The van der Waals surface area contributed by atoms with Crippen molar-refractivity contribution >= 4 is 29.1 Å². The maximum absolute atomic E-state index is 12.1. The second-order valence-corrected chi connectivity index (χ2v) is 2.70. The van der Waals surface area contributed by atoms with Crippen molar-refractivity contribution in [3.63, 3.8) is 0 Å². The van der Waals surface area contributed by atoms with Crippen LogP contribution >= 0.6 is 12.4 Å². The lowest BCUT2D eigenvalue weighted by molar-refractivity contribution is 0.795. The van der Waals surface area contributed by atoms with E-state index in [4.69, 9.17) is 14.0 Å². The Morgan fingerprint density at radius 1 is 1.29 bits per heavy atom. The lowest BCUT2D eigenvalue weighted by Crippen LogP contribution is -2.19. The first-order valence-electron chi connectivity index (χ1n) is 6.57. The van der Waals surface area contributed by atoms with Gasteiger partial charge in [-0.05, 0) is 18.2 Å². The summed E-state index contributed by atoms with van der Waals surface area (Å²) in [5, 5.41) is 0. The Morgan fingerprint density at radius 3 is 2.57 bits per heavy atom. The van der Waals surface area contributed by atoms with Crippen LogP contribution in [0, 0.1) is 0 Å². The summed E-state index contributed by atoms with van der Waals surface area (Å²) in [6.07, 6.45) is 0. The van der Waals surface area contributed by atoms with Crippen LogP contribution in [0.15, 0.2) is 23.0 Å². The fraction of sp³-hybridized carbons (Fsp3) is 0.222. The molecule has 0 spiro atoms. The summed E-state index contributed by atoms with van der Waals surface area (Å²) in [5.74, 6) is 0. The second kappa shape index (κ2) is 3.38. The number of nitrogens with two attached hydrogens (primary N) is 1. The maximum Gasteiger partial charge on any atom is 0.328 e. The van der Waals surface area contributed by atoms with E-state index in [1.165, 1.54) is 18.2 Å². The van der Waals surface area contributed by atoms with Gasteiger partial charge in [0.1, 0.15) is 0 Å². The molecular formula is C9H12ClN3O. The molecular weight excluding hydrogens is 202 g/mol. The Kier molecular flexibility index (Phi) is 1.18. The molecule has 0 radical (unpaired) electrons. The SMILES string of the molecule is Cl.[2H]C([2H])([2H])n1c(=O)n(C([2H])([2H])[2H])c2cc(N)ccc21. The predicted molar refractivity (Wildman–Crippen MR) is 59.8 cm³/mol. The van der Waals surface area contributed by atoms with E-state index in [9.17, 15) is 4.79 Å². The first-order chi connectivity index (χ1) is 8.53. The summed E-state index contributed by atoms with van der Waals surface area (Å²) in [7, 11) is 0. The topological polar surface area (TPSA) is 53.0 Å². The minimum atomic E-state index is -2.78. The average molecular weight is 220 g/mol. The maximum atomic E-state index is 12.1. The largest absolute Gasteiger partial charge is 0.399 e. The Bertz CT molecular complexity index is 698. The molecule has 0 fully saturated rings. The third-order valence-corrected chi connectivity index (χ3v) is 1.86. The Morgan fingerprint density at radius 2 is 1.93 bits per heavy atom. The molecule has 0 atom stereocenters. The summed E-state index contributed by atoms with van der Waals surface area (Å²) in [6, 6.07) is 4.00. The van der Waals surface area contributed by atoms with Gasteiger partial charge in [-0.1, -0.05) is 0 Å². The number of anilines is 1. The molecule has 2 aromatic rings. The third-order valence-electron chi connectivity index (χ3n) is 1.86. The number of nitrogens with zero attached hydrogens (tertiary/aromatic N) is 2. The number of hydrogen-bond donors (Lipinski definition) is 1. The number of benzene rings is 1. The summed E-state index contributed by atoms with van der Waals surface area (Å²) in [4.78, 5) is 12.1. The average Bonchev–Trinajstić information content (AvgIpc) is 2.47. The smallest absolute Gasteiger partial charge is 0.328 e. The van der Waals surface area contributed by atoms with Gasteiger partial charge >= 0.3 is 5.69 Å². The molecule has 76 valence electrons. The van der Waals surface area contributed by atoms with Gasteiger partial charge in [0.15, 0.2) is 0 Å². The van der Waals surface area contributed by atoms with Crippen molar-refractivity contribution in [3.8, 4) is 0 Å². The highest BCUT2D eigenvalue weighted by atomic mass is 35.5. The summed E-state index contributed by atoms with van der Waals surface area (Å²) in [5.41, 5.74) is 4.67.